The highest BCUT2D eigenvalue weighted by Gasteiger charge is 2.22. The molecule has 0 fully saturated rings. The number of rotatable bonds is 7. The Morgan fingerprint density at radius 2 is 1.95 bits per heavy atom. The van der Waals surface area contributed by atoms with Crippen molar-refractivity contribution in [2.45, 2.75) is 46.6 Å². The van der Waals surface area contributed by atoms with Crippen LogP contribution in [0.3, 0.4) is 0 Å². The number of aromatic amines is 1. The molecule has 1 unspecified atom stereocenters. The summed E-state index contributed by atoms with van der Waals surface area (Å²) in [5, 5.41) is 9.20. The van der Waals surface area contributed by atoms with Gasteiger partial charge in [-0.1, -0.05) is 6.92 Å². The van der Waals surface area contributed by atoms with Gasteiger partial charge in [-0.25, -0.2) is 4.98 Å². The molecule has 1 aromatic heterocycles. The molecule has 2 amide bonds. The number of carbonyl (C=O) groups is 2. The molecule has 1 heterocycles. The normalized spacial score (nSPS) is 12.0. The van der Waals surface area contributed by atoms with E-state index in [-0.39, 0.29) is 11.7 Å². The number of aryl methyl sites for hydroxylation is 1. The van der Waals surface area contributed by atoms with Gasteiger partial charge < -0.3 is 10.2 Å². The fourth-order valence-electron chi connectivity index (χ4n) is 1.88. The zero-order chi connectivity index (χ0) is 15.1. The van der Waals surface area contributed by atoms with Crippen LogP contribution >= 0.6 is 0 Å². The maximum atomic E-state index is 12.0. The second kappa shape index (κ2) is 7.62. The lowest BCUT2D eigenvalue weighted by Crippen LogP contribution is -2.47. The van der Waals surface area contributed by atoms with Gasteiger partial charge in [-0.15, -0.1) is 5.10 Å². The van der Waals surface area contributed by atoms with E-state index < -0.39 is 11.9 Å². The number of carbonyl (C=O) groups excluding carboxylic acids is 2. The van der Waals surface area contributed by atoms with Gasteiger partial charge in [0.1, 0.15) is 11.9 Å². The van der Waals surface area contributed by atoms with Gasteiger partial charge in [0.2, 0.25) is 11.7 Å². The molecule has 0 aromatic carbocycles. The highest BCUT2D eigenvalue weighted by molar-refractivity contribution is 5.94. The summed E-state index contributed by atoms with van der Waals surface area (Å²) in [6.45, 7) is 8.74. The smallest absolute Gasteiger partial charge is 0.291 e. The predicted octanol–water partition coefficient (Wildman–Crippen LogP) is 0.744. The summed E-state index contributed by atoms with van der Waals surface area (Å²) >= 11 is 0. The van der Waals surface area contributed by atoms with Gasteiger partial charge in [0.15, 0.2) is 0 Å². The van der Waals surface area contributed by atoms with Gasteiger partial charge in [-0.3, -0.25) is 14.7 Å². The van der Waals surface area contributed by atoms with Crippen LogP contribution in [-0.4, -0.2) is 51.0 Å². The highest BCUT2D eigenvalue weighted by atomic mass is 16.2. The van der Waals surface area contributed by atoms with Crippen molar-refractivity contribution in [3.8, 4) is 0 Å². The topological polar surface area (TPSA) is 91.0 Å². The first kappa shape index (κ1) is 16.1. The summed E-state index contributed by atoms with van der Waals surface area (Å²) in [4.78, 5) is 29.8. The first-order valence-corrected chi connectivity index (χ1v) is 7.04. The van der Waals surface area contributed by atoms with Crippen LogP contribution in [0.5, 0.6) is 0 Å². The Bertz CT molecular complexity index is 453. The van der Waals surface area contributed by atoms with Crippen LogP contribution in [-0.2, 0) is 11.2 Å². The van der Waals surface area contributed by atoms with E-state index in [0.29, 0.717) is 18.9 Å². The Kier molecular flexibility index (Phi) is 6.14. The minimum absolute atomic E-state index is 0.0765. The van der Waals surface area contributed by atoms with Gasteiger partial charge in [0.25, 0.3) is 5.91 Å². The van der Waals surface area contributed by atoms with Crippen molar-refractivity contribution in [2.75, 3.05) is 13.1 Å². The lowest BCUT2D eigenvalue weighted by molar-refractivity contribution is -0.132. The Morgan fingerprint density at radius 3 is 2.50 bits per heavy atom. The molecule has 0 aliphatic heterocycles. The molecule has 0 radical (unpaired) electrons. The maximum Gasteiger partial charge on any atom is 0.291 e. The second-order valence-corrected chi connectivity index (χ2v) is 4.56. The minimum Gasteiger partial charge on any atom is -0.341 e. The number of hydrogen-bond acceptors (Lipinski definition) is 4. The molecule has 112 valence electrons. The molecule has 0 bridgehead atoms. The van der Waals surface area contributed by atoms with Gasteiger partial charge in [0, 0.05) is 19.5 Å². The minimum atomic E-state index is -0.587. The molecular weight excluding hydrogens is 258 g/mol. The highest BCUT2D eigenvalue weighted by Crippen LogP contribution is 1.99. The average Bonchev–Trinajstić information content (AvgIpc) is 2.89. The molecule has 20 heavy (non-hydrogen) atoms. The number of nitrogens with one attached hydrogen (secondary N) is 2. The van der Waals surface area contributed by atoms with E-state index in [1.165, 1.54) is 0 Å². The molecule has 1 aromatic rings. The third-order valence-electron chi connectivity index (χ3n) is 3.01. The maximum absolute atomic E-state index is 12.0. The van der Waals surface area contributed by atoms with Gasteiger partial charge in [-0.05, 0) is 27.2 Å². The average molecular weight is 281 g/mol. The monoisotopic (exact) mass is 281 g/mol. The first-order valence-electron chi connectivity index (χ1n) is 7.04. The van der Waals surface area contributed by atoms with E-state index in [0.717, 1.165) is 12.8 Å². The van der Waals surface area contributed by atoms with Crippen LogP contribution in [0, 0.1) is 0 Å². The van der Waals surface area contributed by atoms with Gasteiger partial charge in [0.05, 0.1) is 0 Å². The quantitative estimate of drug-likeness (QED) is 0.771. The zero-order valence-electron chi connectivity index (χ0n) is 12.6. The SMILES string of the molecule is CCCc1nc(C(=O)NC(C)C(=O)N(CC)CC)n[nH]1. The first-order chi connectivity index (χ1) is 9.53. The molecule has 0 aliphatic carbocycles. The lowest BCUT2D eigenvalue weighted by atomic mass is 10.2. The number of nitrogens with zero attached hydrogens (tertiary/aromatic N) is 3. The Hall–Kier alpha value is -1.92. The largest absolute Gasteiger partial charge is 0.341 e. The zero-order valence-corrected chi connectivity index (χ0v) is 12.6. The number of likely N-dealkylation sites (N-methyl/N-ethyl adjacent to an activating group) is 1. The van der Waals surface area contributed by atoms with E-state index in [2.05, 4.69) is 20.5 Å². The van der Waals surface area contributed by atoms with E-state index >= 15 is 0 Å². The molecule has 1 atom stereocenters. The van der Waals surface area contributed by atoms with Crippen molar-refractivity contribution >= 4 is 11.8 Å². The molecule has 7 nitrogen and oxygen atoms in total. The summed E-state index contributed by atoms with van der Waals surface area (Å²) < 4.78 is 0. The second-order valence-electron chi connectivity index (χ2n) is 4.56. The van der Waals surface area contributed by atoms with Crippen LogP contribution in [0.1, 0.15) is 50.6 Å². The summed E-state index contributed by atoms with van der Waals surface area (Å²) in [6.07, 6.45) is 1.67. The summed E-state index contributed by atoms with van der Waals surface area (Å²) in [7, 11) is 0. The Balaban J connectivity index is 2.62. The van der Waals surface area contributed by atoms with Gasteiger partial charge >= 0.3 is 0 Å². The van der Waals surface area contributed by atoms with Crippen molar-refractivity contribution in [1.82, 2.24) is 25.4 Å². The van der Waals surface area contributed by atoms with E-state index in [4.69, 9.17) is 0 Å². The summed E-state index contributed by atoms with van der Waals surface area (Å²) in [5.41, 5.74) is 0. The van der Waals surface area contributed by atoms with Gasteiger partial charge in [-0.2, -0.15) is 0 Å². The molecular formula is C13H23N5O2. The van der Waals surface area contributed by atoms with E-state index in [1.807, 2.05) is 20.8 Å². The fourth-order valence-corrected chi connectivity index (χ4v) is 1.88. The molecule has 7 heteroatoms. The third kappa shape index (κ3) is 4.04. The van der Waals surface area contributed by atoms with Crippen molar-refractivity contribution in [3.63, 3.8) is 0 Å². The van der Waals surface area contributed by atoms with Crippen molar-refractivity contribution in [1.29, 1.82) is 0 Å². The summed E-state index contributed by atoms with van der Waals surface area (Å²) in [6, 6.07) is -0.587. The molecule has 0 saturated heterocycles. The Labute approximate surface area is 119 Å². The molecule has 2 N–H and O–H groups in total. The van der Waals surface area contributed by atoms with Crippen LogP contribution in [0.4, 0.5) is 0 Å². The molecule has 1 rings (SSSR count). The molecule has 0 aliphatic rings. The summed E-state index contributed by atoms with van der Waals surface area (Å²) in [5.74, 6) is 0.220. The van der Waals surface area contributed by atoms with Crippen LogP contribution < -0.4 is 5.32 Å². The van der Waals surface area contributed by atoms with E-state index in [1.54, 1.807) is 11.8 Å². The van der Waals surface area contributed by atoms with Crippen LogP contribution in [0.25, 0.3) is 0 Å². The molecule has 0 saturated carbocycles. The van der Waals surface area contributed by atoms with E-state index in [9.17, 15) is 9.59 Å². The predicted molar refractivity (Wildman–Crippen MR) is 75.2 cm³/mol. The van der Waals surface area contributed by atoms with Crippen molar-refractivity contribution in [3.05, 3.63) is 11.6 Å². The van der Waals surface area contributed by atoms with Crippen LogP contribution in [0.2, 0.25) is 0 Å². The number of aromatic nitrogens is 3. The number of H-pyrrole nitrogens is 1. The van der Waals surface area contributed by atoms with Crippen molar-refractivity contribution < 1.29 is 9.59 Å². The molecule has 0 spiro atoms. The lowest BCUT2D eigenvalue weighted by Gasteiger charge is -2.23. The van der Waals surface area contributed by atoms with Crippen molar-refractivity contribution in [2.24, 2.45) is 0 Å². The Morgan fingerprint density at radius 1 is 1.30 bits per heavy atom. The van der Waals surface area contributed by atoms with Crippen LogP contribution in [0.15, 0.2) is 0 Å². The number of amides is 2. The number of hydrogen-bond donors (Lipinski definition) is 2. The third-order valence-corrected chi connectivity index (χ3v) is 3.01. The fraction of sp³-hybridized carbons (Fsp3) is 0.692. The standard InChI is InChI=1S/C13H23N5O2/c1-5-8-10-15-11(17-16-10)12(19)14-9(4)13(20)18(6-2)7-3/h9H,5-8H2,1-4H3,(H,14,19)(H,15,16,17).